The molecule has 0 saturated carbocycles. The van der Waals surface area contributed by atoms with E-state index < -0.39 is 0 Å². The molecule has 1 amide bonds. The number of nitrogens with one attached hydrogen (secondary N) is 2. The Labute approximate surface area is 166 Å². The van der Waals surface area contributed by atoms with Gasteiger partial charge in [0.15, 0.2) is 5.65 Å². The molecular weight excluding hydrogens is 370 g/mol. The number of thioether (sulfide) groups is 1. The number of aryl methyl sites for hydroxylation is 2. The van der Waals surface area contributed by atoms with Crippen molar-refractivity contribution in [2.24, 2.45) is 0 Å². The highest BCUT2D eigenvalue weighted by Gasteiger charge is 2.10. The molecule has 2 aromatic heterocycles. The van der Waals surface area contributed by atoms with Crippen LogP contribution in [0.1, 0.15) is 27.0 Å². The largest absolute Gasteiger partial charge is 0.322 e. The third-order valence-corrected chi connectivity index (χ3v) is 5.33. The molecule has 2 aromatic carbocycles. The van der Waals surface area contributed by atoms with Crippen LogP contribution in [-0.4, -0.2) is 26.1 Å². The maximum absolute atomic E-state index is 12.7. The SMILES string of the molecule is Cc1cc(C)cc(NC(=O)c2cccc(CSc3ncnc4[nH]ncc34)c2)c1. The highest BCUT2D eigenvalue weighted by Crippen LogP contribution is 2.26. The molecule has 0 aliphatic carbocycles. The van der Waals surface area contributed by atoms with E-state index in [-0.39, 0.29) is 5.91 Å². The average Bonchev–Trinajstić information content (AvgIpc) is 3.15. The van der Waals surface area contributed by atoms with E-state index in [0.29, 0.717) is 11.3 Å². The van der Waals surface area contributed by atoms with Gasteiger partial charge in [-0.2, -0.15) is 5.10 Å². The van der Waals surface area contributed by atoms with Gasteiger partial charge >= 0.3 is 0 Å². The van der Waals surface area contributed by atoms with Gasteiger partial charge in [0.25, 0.3) is 5.91 Å². The number of carbonyl (C=O) groups is 1. The molecule has 4 aromatic rings. The van der Waals surface area contributed by atoms with Crippen LogP contribution in [0.2, 0.25) is 0 Å². The summed E-state index contributed by atoms with van der Waals surface area (Å²) in [5.41, 5.74) is 5.46. The number of nitrogens with zero attached hydrogens (tertiary/aromatic N) is 3. The summed E-state index contributed by atoms with van der Waals surface area (Å²) in [6.07, 6.45) is 3.25. The molecule has 140 valence electrons. The Morgan fingerprint density at radius 3 is 2.75 bits per heavy atom. The van der Waals surface area contributed by atoms with Gasteiger partial charge in [0.2, 0.25) is 0 Å². The van der Waals surface area contributed by atoms with Crippen LogP contribution < -0.4 is 5.32 Å². The van der Waals surface area contributed by atoms with Crippen molar-refractivity contribution in [3.05, 3.63) is 77.2 Å². The monoisotopic (exact) mass is 389 g/mol. The Kier molecular flexibility index (Phi) is 5.08. The number of fused-ring (bicyclic) bond motifs is 1. The molecule has 0 saturated heterocycles. The normalized spacial score (nSPS) is 10.9. The standard InChI is InChI=1S/C21H19N5OS/c1-13-6-14(2)8-17(7-13)25-20(27)16-5-3-4-15(9-16)11-28-21-18-10-24-26-19(18)22-12-23-21/h3-10,12H,11H2,1-2H3,(H,25,27)(H,22,23,24,26). The molecule has 0 spiro atoms. The summed E-state index contributed by atoms with van der Waals surface area (Å²) in [6.45, 7) is 4.04. The van der Waals surface area contributed by atoms with Gasteiger partial charge in [0.05, 0.1) is 11.6 Å². The first-order chi connectivity index (χ1) is 13.6. The van der Waals surface area contributed by atoms with E-state index in [1.165, 1.54) is 6.33 Å². The van der Waals surface area contributed by atoms with Crippen molar-refractivity contribution in [1.29, 1.82) is 0 Å². The second kappa shape index (κ2) is 7.82. The lowest BCUT2D eigenvalue weighted by Crippen LogP contribution is -2.12. The first kappa shape index (κ1) is 18.2. The second-order valence-electron chi connectivity index (χ2n) is 6.63. The van der Waals surface area contributed by atoms with Crippen molar-refractivity contribution in [3.8, 4) is 0 Å². The van der Waals surface area contributed by atoms with Gasteiger partial charge in [-0.25, -0.2) is 9.97 Å². The van der Waals surface area contributed by atoms with Gasteiger partial charge in [-0.15, -0.1) is 11.8 Å². The van der Waals surface area contributed by atoms with Gasteiger partial charge < -0.3 is 5.32 Å². The minimum atomic E-state index is -0.115. The number of hydrogen-bond acceptors (Lipinski definition) is 5. The zero-order valence-corrected chi connectivity index (χ0v) is 16.4. The van der Waals surface area contributed by atoms with Crippen molar-refractivity contribution >= 4 is 34.4 Å². The number of aromatic amines is 1. The fourth-order valence-electron chi connectivity index (χ4n) is 3.06. The molecule has 4 rings (SSSR count). The van der Waals surface area contributed by atoms with E-state index in [2.05, 4.69) is 31.5 Å². The van der Waals surface area contributed by atoms with Gasteiger partial charge in [0.1, 0.15) is 11.4 Å². The first-order valence-electron chi connectivity index (χ1n) is 8.84. The minimum Gasteiger partial charge on any atom is -0.322 e. The molecule has 7 heteroatoms. The molecule has 28 heavy (non-hydrogen) atoms. The number of amides is 1. The quantitative estimate of drug-likeness (QED) is 0.387. The van der Waals surface area contributed by atoms with E-state index in [1.807, 2.05) is 50.2 Å². The number of aromatic nitrogens is 4. The van der Waals surface area contributed by atoms with Crippen LogP contribution in [0.4, 0.5) is 5.69 Å². The summed E-state index contributed by atoms with van der Waals surface area (Å²) in [4.78, 5) is 21.1. The fraction of sp³-hybridized carbons (Fsp3) is 0.143. The molecule has 2 N–H and O–H groups in total. The summed E-state index contributed by atoms with van der Waals surface area (Å²) in [5, 5.41) is 11.6. The minimum absolute atomic E-state index is 0.115. The van der Waals surface area contributed by atoms with Crippen LogP contribution in [0, 0.1) is 13.8 Å². The molecule has 0 aliphatic rings. The van der Waals surface area contributed by atoms with Crippen LogP contribution in [0.3, 0.4) is 0 Å². The molecule has 0 radical (unpaired) electrons. The number of carbonyl (C=O) groups excluding carboxylic acids is 1. The molecule has 0 fully saturated rings. The molecule has 0 unspecified atom stereocenters. The number of benzene rings is 2. The number of anilines is 1. The summed E-state index contributed by atoms with van der Waals surface area (Å²) >= 11 is 1.59. The summed E-state index contributed by atoms with van der Waals surface area (Å²) in [6, 6.07) is 13.7. The first-order valence-corrected chi connectivity index (χ1v) is 9.82. The molecule has 0 aliphatic heterocycles. The van der Waals surface area contributed by atoms with E-state index in [0.717, 1.165) is 38.4 Å². The summed E-state index contributed by atoms with van der Waals surface area (Å²) in [7, 11) is 0. The predicted molar refractivity (Wildman–Crippen MR) is 112 cm³/mol. The van der Waals surface area contributed by atoms with Crippen molar-refractivity contribution in [1.82, 2.24) is 20.2 Å². The molecular formula is C21H19N5OS. The Morgan fingerprint density at radius 1 is 1.11 bits per heavy atom. The maximum Gasteiger partial charge on any atom is 0.255 e. The van der Waals surface area contributed by atoms with Gasteiger partial charge in [-0.1, -0.05) is 18.2 Å². The Hall–Kier alpha value is -3.19. The second-order valence-corrected chi connectivity index (χ2v) is 7.59. The number of rotatable bonds is 5. The molecule has 0 atom stereocenters. The van der Waals surface area contributed by atoms with E-state index in [9.17, 15) is 4.79 Å². The highest BCUT2D eigenvalue weighted by molar-refractivity contribution is 7.98. The van der Waals surface area contributed by atoms with Crippen LogP contribution in [0.15, 0.2) is 60.0 Å². The Balaban J connectivity index is 1.48. The lowest BCUT2D eigenvalue weighted by molar-refractivity contribution is 0.102. The number of hydrogen-bond donors (Lipinski definition) is 2. The lowest BCUT2D eigenvalue weighted by atomic mass is 10.1. The van der Waals surface area contributed by atoms with Crippen LogP contribution >= 0.6 is 11.8 Å². The Bertz CT molecular complexity index is 1130. The van der Waals surface area contributed by atoms with Crippen molar-refractivity contribution in [2.45, 2.75) is 24.6 Å². The third-order valence-electron chi connectivity index (χ3n) is 4.26. The molecule has 6 nitrogen and oxygen atoms in total. The zero-order chi connectivity index (χ0) is 19.5. The fourth-order valence-corrected chi connectivity index (χ4v) is 3.97. The average molecular weight is 389 g/mol. The van der Waals surface area contributed by atoms with E-state index in [4.69, 9.17) is 0 Å². The smallest absolute Gasteiger partial charge is 0.255 e. The molecule has 2 heterocycles. The summed E-state index contributed by atoms with van der Waals surface area (Å²) < 4.78 is 0. The van der Waals surface area contributed by atoms with Gasteiger partial charge in [-0.3, -0.25) is 9.89 Å². The topological polar surface area (TPSA) is 83.6 Å². The van der Waals surface area contributed by atoms with Crippen LogP contribution in [0.25, 0.3) is 11.0 Å². The third kappa shape index (κ3) is 4.04. The Morgan fingerprint density at radius 2 is 1.93 bits per heavy atom. The van der Waals surface area contributed by atoms with Crippen molar-refractivity contribution in [3.63, 3.8) is 0 Å². The number of H-pyrrole nitrogens is 1. The van der Waals surface area contributed by atoms with Gasteiger partial charge in [-0.05, 0) is 54.8 Å². The zero-order valence-electron chi connectivity index (χ0n) is 15.6. The summed E-state index contributed by atoms with van der Waals surface area (Å²) in [5.74, 6) is 0.582. The predicted octanol–water partition coefficient (Wildman–Crippen LogP) is 4.51. The van der Waals surface area contributed by atoms with E-state index >= 15 is 0 Å². The van der Waals surface area contributed by atoms with Gasteiger partial charge in [0, 0.05) is 17.0 Å². The maximum atomic E-state index is 12.7. The lowest BCUT2D eigenvalue weighted by Gasteiger charge is -2.09. The molecule has 0 bridgehead atoms. The van der Waals surface area contributed by atoms with E-state index in [1.54, 1.807) is 18.0 Å². The van der Waals surface area contributed by atoms with Crippen LogP contribution in [-0.2, 0) is 5.75 Å². The van der Waals surface area contributed by atoms with Crippen LogP contribution in [0.5, 0.6) is 0 Å². The highest BCUT2D eigenvalue weighted by atomic mass is 32.2. The van der Waals surface area contributed by atoms with Crippen molar-refractivity contribution < 1.29 is 4.79 Å². The van der Waals surface area contributed by atoms with Crippen molar-refractivity contribution in [2.75, 3.05) is 5.32 Å².